The number of allylic oxidation sites excluding steroid dienone is 10. The maximum absolute atomic E-state index is 6.91. The Kier molecular flexibility index (Phi) is 4.19. The molecule has 0 fully saturated rings. The minimum atomic E-state index is 0.481. The molecule has 0 aromatic heterocycles. The predicted octanol–water partition coefficient (Wildman–Crippen LogP) is 3.11. The van der Waals surface area contributed by atoms with Gasteiger partial charge in [0.05, 0.1) is 0 Å². The molecule has 0 heterocycles. The molecule has 1 aliphatic rings. The summed E-state index contributed by atoms with van der Waals surface area (Å²) in [5, 5.41) is 0. The Balaban J connectivity index is 3.09. The van der Waals surface area contributed by atoms with E-state index in [9.17, 15) is 0 Å². The average Bonchev–Trinajstić information content (AvgIpc) is 2.33. The molecule has 1 N–H and O–H groups in total. The maximum Gasteiger partial charge on any atom is 0.686 e. The van der Waals surface area contributed by atoms with Crippen molar-refractivity contribution in [3.8, 4) is 11.8 Å². The van der Waals surface area contributed by atoms with Gasteiger partial charge in [-0.15, -0.1) is 0 Å². The van der Waals surface area contributed by atoms with Crippen molar-refractivity contribution >= 4 is 5.78 Å². The highest BCUT2D eigenvalue weighted by Gasteiger charge is 1.93. The smallest absolute Gasteiger partial charge is 0.274 e. The van der Waals surface area contributed by atoms with E-state index in [-0.39, 0.29) is 0 Å². The summed E-state index contributed by atoms with van der Waals surface area (Å²) in [5.41, 5.74) is 2.05. The number of hydrogen-bond donors (Lipinski definition) is 0. The molecule has 16 heavy (non-hydrogen) atoms. The van der Waals surface area contributed by atoms with Gasteiger partial charge in [-0.1, -0.05) is 47.8 Å². The quantitative estimate of drug-likeness (QED) is 0.434. The zero-order valence-electron chi connectivity index (χ0n) is 10.5. The number of rotatable bonds is 0. The highest BCUT2D eigenvalue weighted by molar-refractivity contribution is 6.00. The first-order valence-corrected chi connectivity index (χ1v) is 5.10. The van der Waals surface area contributed by atoms with Gasteiger partial charge in [-0.25, -0.2) is 0 Å². The second kappa shape index (κ2) is 6.42. The van der Waals surface area contributed by atoms with Crippen molar-refractivity contribution in [2.45, 2.75) is 13.8 Å². The second-order valence-corrected chi connectivity index (χ2v) is 3.48. The van der Waals surface area contributed by atoms with E-state index in [0.717, 1.165) is 11.1 Å². The largest absolute Gasteiger partial charge is 0.686 e. The Morgan fingerprint density at radius 2 is 1.88 bits per heavy atom. The maximum atomic E-state index is 6.91. The van der Waals surface area contributed by atoms with Gasteiger partial charge in [-0.2, -0.15) is 0 Å². The topological polar surface area (TPSA) is 21.4 Å². The highest BCUT2D eigenvalue weighted by Crippen LogP contribution is 1.97. The zero-order chi connectivity index (χ0) is 12.5. The Morgan fingerprint density at radius 3 is 2.62 bits per heavy atom. The number of ketones is 1. The minimum absolute atomic E-state index is 0.481. The fourth-order valence-corrected chi connectivity index (χ4v) is 1.06. The van der Waals surface area contributed by atoms with Crippen LogP contribution in [-0.4, -0.2) is 10.6 Å². The lowest BCUT2D eigenvalue weighted by atomic mass is 10.2. The van der Waals surface area contributed by atoms with Gasteiger partial charge in [0.15, 0.2) is 0 Å². The standard InChI is InChI=1S/C15H14O/c1-13-7-3-4-8-14(2)10-6-12-15(16)11-5-9-13/h3,5-7,9-12H,1-2H3/p+1/b7-3-,11-5-,12-6+,13-9+,14-10-/i/hD. The fraction of sp³-hybridized carbons (Fsp3) is 0.133. The molecule has 0 bridgehead atoms. The molecular formula is C15H15O+. The molecule has 0 aromatic rings. The Labute approximate surface area is 98.0 Å². The molecule has 0 spiro atoms. The first kappa shape index (κ1) is 10.4. The predicted molar refractivity (Wildman–Crippen MR) is 69.7 cm³/mol. The number of carbonyl (C=O) groups excluding carboxylic acids is 1. The number of hydrogen-bond acceptors (Lipinski definition) is 0. The lowest BCUT2D eigenvalue weighted by Crippen LogP contribution is -1.84. The van der Waals surface area contributed by atoms with Crippen LogP contribution in [0.5, 0.6) is 0 Å². The van der Waals surface area contributed by atoms with E-state index in [2.05, 4.69) is 16.6 Å². The monoisotopic (exact) mass is 212 g/mol. The summed E-state index contributed by atoms with van der Waals surface area (Å²) in [6.45, 7) is 3.92. The molecule has 80 valence electrons. The zero-order valence-corrected chi connectivity index (χ0v) is 9.53. The molecule has 0 saturated carbocycles. The molecule has 1 rings (SSSR count). The summed E-state index contributed by atoms with van der Waals surface area (Å²) in [6, 6.07) is 0. The van der Waals surface area contributed by atoms with Crippen LogP contribution in [0.2, 0.25) is 0 Å². The van der Waals surface area contributed by atoms with Gasteiger partial charge < -0.3 is 0 Å². The van der Waals surface area contributed by atoms with Crippen molar-refractivity contribution in [1.29, 1.82) is 0 Å². The summed E-state index contributed by atoms with van der Waals surface area (Å²) in [4.78, 5) is 4.48. The summed E-state index contributed by atoms with van der Waals surface area (Å²) >= 11 is 0. The van der Waals surface area contributed by atoms with Crippen LogP contribution in [0.15, 0.2) is 59.8 Å². The molecule has 0 unspecified atom stereocenters. The molecule has 0 aliphatic heterocycles. The van der Waals surface area contributed by atoms with Gasteiger partial charge >= 0.3 is 7.21 Å². The summed E-state index contributed by atoms with van der Waals surface area (Å²) in [7, 11) is 0. The van der Waals surface area contributed by atoms with Crippen LogP contribution < -0.4 is 0 Å². The van der Waals surface area contributed by atoms with E-state index in [1.165, 1.54) is 0 Å². The fourth-order valence-electron chi connectivity index (χ4n) is 1.06. The Morgan fingerprint density at radius 1 is 1.12 bits per heavy atom. The van der Waals surface area contributed by atoms with Gasteiger partial charge in [0.1, 0.15) is 0 Å². The van der Waals surface area contributed by atoms with Crippen LogP contribution >= 0.6 is 0 Å². The van der Waals surface area contributed by atoms with Crippen molar-refractivity contribution in [3.05, 3.63) is 59.8 Å². The van der Waals surface area contributed by atoms with Gasteiger partial charge in [0.2, 0.25) is 0 Å². The van der Waals surface area contributed by atoms with E-state index >= 15 is 0 Å². The van der Waals surface area contributed by atoms with Crippen LogP contribution in [0.3, 0.4) is 0 Å². The molecular weight excluding hydrogens is 196 g/mol. The average molecular weight is 212 g/mol. The normalized spacial score (nSPS) is 32.1. The first-order chi connectivity index (χ1) is 8.22. The van der Waals surface area contributed by atoms with Gasteiger partial charge in [-0.3, -0.25) is 4.80 Å². The molecule has 0 radical (unpaired) electrons. The molecule has 0 aromatic carbocycles. The van der Waals surface area contributed by atoms with Crippen molar-refractivity contribution in [3.63, 3.8) is 0 Å². The Hall–Kier alpha value is -2.07. The van der Waals surface area contributed by atoms with Gasteiger partial charge in [-0.05, 0) is 25.5 Å². The van der Waals surface area contributed by atoms with Gasteiger partial charge in [0, 0.05) is 12.2 Å². The third kappa shape index (κ3) is 4.97. The van der Waals surface area contributed by atoms with E-state index < -0.39 is 0 Å². The van der Waals surface area contributed by atoms with E-state index in [1.807, 2.05) is 50.3 Å². The molecule has 1 heteroatoms. The van der Waals surface area contributed by atoms with Crippen LogP contribution in [0.4, 0.5) is 0 Å². The third-order valence-electron chi connectivity index (χ3n) is 1.93. The minimum Gasteiger partial charge on any atom is -0.274 e. The van der Waals surface area contributed by atoms with Crippen molar-refractivity contribution < 1.29 is 6.23 Å². The van der Waals surface area contributed by atoms with E-state index in [1.54, 1.807) is 12.2 Å². The molecule has 1 aliphatic carbocycles. The molecule has 0 amide bonds. The second-order valence-electron chi connectivity index (χ2n) is 3.48. The highest BCUT2D eigenvalue weighted by atomic mass is 16.1. The summed E-state index contributed by atoms with van der Waals surface area (Å²) < 4.78 is 6.91. The van der Waals surface area contributed by atoms with Crippen LogP contribution in [0, 0.1) is 11.8 Å². The summed E-state index contributed by atoms with van der Waals surface area (Å²) in [6.07, 6.45) is 14.7. The van der Waals surface area contributed by atoms with Crippen LogP contribution in [0.25, 0.3) is 0 Å². The van der Waals surface area contributed by atoms with Crippen molar-refractivity contribution in [2.24, 2.45) is 0 Å². The van der Waals surface area contributed by atoms with Crippen molar-refractivity contribution in [1.82, 2.24) is 0 Å². The molecule has 0 atom stereocenters. The van der Waals surface area contributed by atoms with Crippen molar-refractivity contribution in [2.75, 3.05) is 0 Å². The Bertz CT molecular complexity index is 503. The lowest BCUT2D eigenvalue weighted by molar-refractivity contribution is 0.684. The summed E-state index contributed by atoms with van der Waals surface area (Å²) in [5.74, 6) is 6.44. The molecule has 0 saturated heterocycles. The van der Waals surface area contributed by atoms with Crippen LogP contribution in [0.1, 0.15) is 15.3 Å². The van der Waals surface area contributed by atoms with Crippen LogP contribution in [-0.2, 0) is 0 Å². The molecule has 1 nitrogen and oxygen atoms in total. The third-order valence-corrected chi connectivity index (χ3v) is 1.93. The van der Waals surface area contributed by atoms with E-state index in [0.29, 0.717) is 5.78 Å². The van der Waals surface area contributed by atoms with Gasteiger partial charge in [0.25, 0.3) is 0 Å². The SMILES string of the molecule is [2H][O+]=C1\C=C/C=C(C)/C=C\C#C/C(C)=C\C=C\1. The first-order valence-electron chi connectivity index (χ1n) is 5.51. The van der Waals surface area contributed by atoms with E-state index in [4.69, 9.17) is 1.43 Å². The lowest BCUT2D eigenvalue weighted by Gasteiger charge is -1.84.